The number of nitrogens with one attached hydrogen (secondary N) is 2. The van der Waals surface area contributed by atoms with Crippen LogP contribution in [0.3, 0.4) is 0 Å². The SMILES string of the molecule is O=C(NCC1C=C(Br)NO1)C1CCCN1C(=O)OCc1cnc2ccccc2c1. The summed E-state index contributed by atoms with van der Waals surface area (Å²) in [6.45, 7) is 0.935. The number of hydrogen-bond acceptors (Lipinski definition) is 6. The van der Waals surface area contributed by atoms with Crippen LogP contribution in [0.4, 0.5) is 4.79 Å². The van der Waals surface area contributed by atoms with Crippen molar-refractivity contribution in [2.75, 3.05) is 13.1 Å². The number of para-hydroxylation sites is 1. The fraction of sp³-hybridized carbons (Fsp3) is 0.350. The standard InChI is InChI=1S/C20H21BrN4O4/c21-18-9-15(29-24-18)11-23-19(26)17-6-3-7-25(17)20(27)28-12-13-8-14-4-1-2-5-16(14)22-10-13/h1-2,4-5,8-10,15,17,24H,3,6-7,11-12H2,(H,23,26). The third-order valence-corrected chi connectivity index (χ3v) is 5.34. The van der Waals surface area contributed by atoms with E-state index in [1.807, 2.05) is 36.4 Å². The molecular formula is C20H21BrN4O4. The van der Waals surface area contributed by atoms with Crippen LogP contribution < -0.4 is 10.8 Å². The number of hydroxylamine groups is 1. The number of hydrogen-bond donors (Lipinski definition) is 2. The van der Waals surface area contributed by atoms with Gasteiger partial charge in [-0.25, -0.2) is 4.79 Å². The van der Waals surface area contributed by atoms with Crippen LogP contribution in [0.1, 0.15) is 18.4 Å². The molecule has 0 saturated carbocycles. The first kappa shape index (κ1) is 19.7. The zero-order valence-electron chi connectivity index (χ0n) is 15.6. The highest BCUT2D eigenvalue weighted by molar-refractivity contribution is 9.11. The van der Waals surface area contributed by atoms with E-state index >= 15 is 0 Å². The summed E-state index contributed by atoms with van der Waals surface area (Å²) in [5, 5.41) is 3.83. The van der Waals surface area contributed by atoms with Gasteiger partial charge in [0.15, 0.2) is 0 Å². The molecule has 2 aromatic rings. The Balaban J connectivity index is 1.31. The topological polar surface area (TPSA) is 92.8 Å². The average molecular weight is 461 g/mol. The minimum absolute atomic E-state index is 0.113. The summed E-state index contributed by atoms with van der Waals surface area (Å²) >= 11 is 3.27. The first-order valence-electron chi connectivity index (χ1n) is 9.44. The Morgan fingerprint density at radius 1 is 1.38 bits per heavy atom. The Morgan fingerprint density at radius 2 is 2.24 bits per heavy atom. The predicted octanol–water partition coefficient (Wildman–Crippen LogP) is 2.59. The lowest BCUT2D eigenvalue weighted by Crippen LogP contribution is -2.47. The minimum Gasteiger partial charge on any atom is -0.444 e. The van der Waals surface area contributed by atoms with Gasteiger partial charge in [0.2, 0.25) is 5.91 Å². The first-order valence-corrected chi connectivity index (χ1v) is 10.2. The molecule has 2 aliphatic heterocycles. The first-order chi connectivity index (χ1) is 14.1. The van der Waals surface area contributed by atoms with Crippen molar-refractivity contribution in [3.05, 3.63) is 52.8 Å². The molecule has 4 rings (SSSR count). The van der Waals surface area contributed by atoms with Gasteiger partial charge < -0.3 is 10.1 Å². The molecule has 2 N–H and O–H groups in total. The maximum atomic E-state index is 12.6. The van der Waals surface area contributed by atoms with Gasteiger partial charge in [-0.15, -0.1) is 0 Å². The Kier molecular flexibility index (Phi) is 5.96. The molecule has 0 bridgehead atoms. The molecule has 2 aliphatic rings. The van der Waals surface area contributed by atoms with E-state index in [1.54, 1.807) is 6.20 Å². The number of ether oxygens (including phenoxy) is 1. The van der Waals surface area contributed by atoms with Crippen molar-refractivity contribution in [3.63, 3.8) is 0 Å². The van der Waals surface area contributed by atoms with Crippen LogP contribution in [-0.2, 0) is 21.0 Å². The highest BCUT2D eigenvalue weighted by atomic mass is 79.9. The zero-order valence-corrected chi connectivity index (χ0v) is 17.2. The Hall–Kier alpha value is -2.65. The van der Waals surface area contributed by atoms with Crippen LogP contribution in [-0.4, -0.2) is 47.1 Å². The number of carbonyl (C=O) groups is 2. The summed E-state index contributed by atoms with van der Waals surface area (Å²) in [6.07, 6.45) is 4.15. The highest BCUT2D eigenvalue weighted by Gasteiger charge is 2.35. The Bertz CT molecular complexity index is 951. The number of pyridine rings is 1. The molecule has 152 valence electrons. The number of nitrogens with zero attached hydrogens (tertiary/aromatic N) is 2. The number of fused-ring (bicyclic) bond motifs is 1. The second-order valence-corrected chi connectivity index (χ2v) is 7.81. The number of amides is 2. The second kappa shape index (κ2) is 8.79. The van der Waals surface area contributed by atoms with E-state index in [1.165, 1.54) is 4.90 Å². The van der Waals surface area contributed by atoms with E-state index < -0.39 is 12.1 Å². The summed E-state index contributed by atoms with van der Waals surface area (Å²) in [5.41, 5.74) is 4.37. The van der Waals surface area contributed by atoms with Crippen LogP contribution in [0, 0.1) is 0 Å². The van der Waals surface area contributed by atoms with Gasteiger partial charge in [-0.1, -0.05) is 18.2 Å². The molecule has 0 radical (unpaired) electrons. The smallest absolute Gasteiger partial charge is 0.410 e. The van der Waals surface area contributed by atoms with E-state index in [0.717, 1.165) is 27.5 Å². The number of aromatic nitrogens is 1. The number of carbonyl (C=O) groups excluding carboxylic acids is 2. The monoisotopic (exact) mass is 460 g/mol. The number of halogens is 1. The fourth-order valence-corrected chi connectivity index (χ4v) is 3.85. The van der Waals surface area contributed by atoms with Crippen molar-refractivity contribution in [3.8, 4) is 0 Å². The van der Waals surface area contributed by atoms with Crippen LogP contribution in [0.25, 0.3) is 10.9 Å². The van der Waals surface area contributed by atoms with E-state index in [-0.39, 0.29) is 18.6 Å². The molecule has 1 aromatic heterocycles. The largest absolute Gasteiger partial charge is 0.444 e. The molecule has 2 unspecified atom stereocenters. The molecule has 29 heavy (non-hydrogen) atoms. The summed E-state index contributed by atoms with van der Waals surface area (Å²) in [4.78, 5) is 36.2. The van der Waals surface area contributed by atoms with Crippen LogP contribution >= 0.6 is 15.9 Å². The van der Waals surface area contributed by atoms with E-state index in [0.29, 0.717) is 19.5 Å². The number of likely N-dealkylation sites (tertiary alicyclic amines) is 1. The van der Waals surface area contributed by atoms with Crippen molar-refractivity contribution in [1.82, 2.24) is 20.7 Å². The Labute approximate surface area is 176 Å². The summed E-state index contributed by atoms with van der Waals surface area (Å²) < 4.78 is 6.18. The van der Waals surface area contributed by atoms with Crippen molar-refractivity contribution >= 4 is 38.8 Å². The van der Waals surface area contributed by atoms with Crippen molar-refractivity contribution < 1.29 is 19.2 Å². The zero-order chi connectivity index (χ0) is 20.2. The van der Waals surface area contributed by atoms with Gasteiger partial charge in [-0.3, -0.25) is 25.0 Å². The van der Waals surface area contributed by atoms with Crippen molar-refractivity contribution in [2.24, 2.45) is 0 Å². The summed E-state index contributed by atoms with van der Waals surface area (Å²) in [6, 6.07) is 9.18. The lowest BCUT2D eigenvalue weighted by atomic mass is 10.2. The molecule has 2 atom stereocenters. The number of benzene rings is 1. The molecule has 1 aromatic carbocycles. The third-order valence-electron chi connectivity index (χ3n) is 4.92. The quantitative estimate of drug-likeness (QED) is 0.666. The van der Waals surface area contributed by atoms with E-state index in [9.17, 15) is 9.59 Å². The molecule has 8 nitrogen and oxygen atoms in total. The highest BCUT2D eigenvalue weighted by Crippen LogP contribution is 2.20. The molecule has 2 amide bonds. The van der Waals surface area contributed by atoms with Gasteiger partial charge in [0.25, 0.3) is 0 Å². The summed E-state index contributed by atoms with van der Waals surface area (Å²) in [7, 11) is 0. The third kappa shape index (κ3) is 4.68. The van der Waals surface area contributed by atoms with Gasteiger partial charge in [-0.2, -0.15) is 0 Å². The molecule has 3 heterocycles. The minimum atomic E-state index is -0.529. The van der Waals surface area contributed by atoms with Crippen LogP contribution in [0.5, 0.6) is 0 Å². The maximum absolute atomic E-state index is 12.6. The molecule has 1 fully saturated rings. The molecule has 1 saturated heterocycles. The maximum Gasteiger partial charge on any atom is 0.410 e. The van der Waals surface area contributed by atoms with Gasteiger partial charge >= 0.3 is 6.09 Å². The van der Waals surface area contributed by atoms with E-state index in [4.69, 9.17) is 9.57 Å². The molecule has 9 heteroatoms. The Morgan fingerprint density at radius 3 is 3.07 bits per heavy atom. The van der Waals surface area contributed by atoms with Gasteiger partial charge in [0, 0.05) is 23.7 Å². The van der Waals surface area contributed by atoms with Gasteiger partial charge in [0.1, 0.15) is 23.4 Å². The van der Waals surface area contributed by atoms with E-state index in [2.05, 4.69) is 31.7 Å². The van der Waals surface area contributed by atoms with Crippen molar-refractivity contribution in [2.45, 2.75) is 31.6 Å². The number of rotatable bonds is 5. The lowest BCUT2D eigenvalue weighted by Gasteiger charge is -2.23. The fourth-order valence-electron chi connectivity index (χ4n) is 3.46. The summed E-state index contributed by atoms with van der Waals surface area (Å²) in [5.74, 6) is -0.202. The van der Waals surface area contributed by atoms with Gasteiger partial charge in [0.05, 0.1) is 12.1 Å². The predicted molar refractivity (Wildman–Crippen MR) is 110 cm³/mol. The lowest BCUT2D eigenvalue weighted by molar-refractivity contribution is -0.125. The van der Waals surface area contributed by atoms with Crippen molar-refractivity contribution in [1.29, 1.82) is 0 Å². The average Bonchev–Trinajstić information content (AvgIpc) is 3.39. The van der Waals surface area contributed by atoms with Crippen LogP contribution in [0.2, 0.25) is 0 Å². The molecule has 0 spiro atoms. The van der Waals surface area contributed by atoms with Crippen LogP contribution in [0.15, 0.2) is 47.2 Å². The van der Waals surface area contributed by atoms with Gasteiger partial charge in [-0.05, 0) is 47.0 Å². The second-order valence-electron chi connectivity index (χ2n) is 6.96. The normalized spacial score (nSPS) is 21.0. The molecule has 0 aliphatic carbocycles. The molecular weight excluding hydrogens is 440 g/mol.